The molecule has 1 amide bonds. The van der Waals surface area contributed by atoms with E-state index in [2.05, 4.69) is 0 Å². The number of anilines is 1. The van der Waals surface area contributed by atoms with Crippen LogP contribution in [-0.4, -0.2) is 17.4 Å². The van der Waals surface area contributed by atoms with Gasteiger partial charge in [0.2, 0.25) is 5.91 Å². The Balaban J connectivity index is 1.91. The summed E-state index contributed by atoms with van der Waals surface area (Å²) in [6, 6.07) is 7.82. The summed E-state index contributed by atoms with van der Waals surface area (Å²) in [5, 5.41) is 0. The van der Waals surface area contributed by atoms with E-state index in [1.165, 1.54) is 32.1 Å². The molecular weight excluding hydrogens is 248 g/mol. The molecule has 0 aromatic heterocycles. The number of nitrogen functional groups attached to an aromatic ring is 1. The van der Waals surface area contributed by atoms with E-state index < -0.39 is 0 Å². The molecule has 0 heterocycles. The van der Waals surface area contributed by atoms with Crippen LogP contribution in [0.3, 0.4) is 0 Å². The van der Waals surface area contributed by atoms with Crippen LogP contribution in [0.5, 0.6) is 0 Å². The van der Waals surface area contributed by atoms with E-state index in [1.807, 2.05) is 36.1 Å². The van der Waals surface area contributed by atoms with Crippen molar-refractivity contribution in [3.63, 3.8) is 0 Å². The minimum atomic E-state index is 0.293. The molecule has 1 aromatic rings. The summed E-state index contributed by atoms with van der Waals surface area (Å²) in [4.78, 5) is 14.4. The van der Waals surface area contributed by atoms with E-state index in [4.69, 9.17) is 5.73 Å². The van der Waals surface area contributed by atoms with E-state index in [0.717, 1.165) is 24.2 Å². The van der Waals surface area contributed by atoms with Gasteiger partial charge in [0.1, 0.15) is 0 Å². The lowest BCUT2D eigenvalue weighted by atomic mass is 9.86. The Morgan fingerprint density at radius 2 is 2.05 bits per heavy atom. The zero-order valence-corrected chi connectivity index (χ0v) is 12.5. The molecule has 2 rings (SSSR count). The lowest BCUT2D eigenvalue weighted by molar-refractivity contribution is -0.132. The van der Waals surface area contributed by atoms with Gasteiger partial charge in [-0.15, -0.1) is 0 Å². The molecule has 110 valence electrons. The van der Waals surface area contributed by atoms with Crippen molar-refractivity contribution >= 4 is 11.6 Å². The summed E-state index contributed by atoms with van der Waals surface area (Å²) >= 11 is 0. The van der Waals surface area contributed by atoms with Crippen LogP contribution >= 0.6 is 0 Å². The third kappa shape index (κ3) is 4.26. The molecule has 0 unspecified atom stereocenters. The molecule has 0 radical (unpaired) electrons. The number of amides is 1. The van der Waals surface area contributed by atoms with E-state index >= 15 is 0 Å². The maximum Gasteiger partial charge on any atom is 0.223 e. The van der Waals surface area contributed by atoms with Gasteiger partial charge in [-0.3, -0.25) is 4.79 Å². The molecule has 1 fully saturated rings. The first kappa shape index (κ1) is 14.9. The summed E-state index contributed by atoms with van der Waals surface area (Å²) < 4.78 is 0. The van der Waals surface area contributed by atoms with E-state index in [0.29, 0.717) is 18.4 Å². The Hall–Kier alpha value is -1.51. The minimum Gasteiger partial charge on any atom is -0.399 e. The lowest BCUT2D eigenvalue weighted by Gasteiger charge is -2.26. The second-order valence-electron chi connectivity index (χ2n) is 5.86. The van der Waals surface area contributed by atoms with Crippen molar-refractivity contribution in [1.82, 2.24) is 4.90 Å². The number of nitrogens with zero attached hydrogens (tertiary/aromatic N) is 1. The highest BCUT2D eigenvalue weighted by molar-refractivity contribution is 5.76. The molecule has 0 bridgehead atoms. The number of nitrogens with two attached hydrogens (primary N) is 1. The normalized spacial score (nSPS) is 16.1. The van der Waals surface area contributed by atoms with E-state index in [1.54, 1.807) is 0 Å². The SMILES string of the molecule is CCN(Cc1cccc(N)c1)C(=O)CC1CCCCC1. The Bertz CT molecular complexity index is 438. The van der Waals surface area contributed by atoms with Crippen LogP contribution in [0.1, 0.15) is 51.0 Å². The van der Waals surface area contributed by atoms with Gasteiger partial charge in [0.05, 0.1) is 0 Å². The maximum absolute atomic E-state index is 12.4. The fourth-order valence-electron chi connectivity index (χ4n) is 3.06. The van der Waals surface area contributed by atoms with Gasteiger partial charge in [0, 0.05) is 25.2 Å². The van der Waals surface area contributed by atoms with Crippen LogP contribution in [0, 0.1) is 5.92 Å². The van der Waals surface area contributed by atoms with E-state index in [9.17, 15) is 4.79 Å². The summed E-state index contributed by atoms with van der Waals surface area (Å²) in [5.41, 5.74) is 7.67. The third-order valence-electron chi connectivity index (χ3n) is 4.25. The van der Waals surface area contributed by atoms with Gasteiger partial charge in [-0.05, 0) is 43.4 Å². The highest BCUT2D eigenvalue weighted by atomic mass is 16.2. The Morgan fingerprint density at radius 1 is 1.30 bits per heavy atom. The molecule has 2 N–H and O–H groups in total. The Morgan fingerprint density at radius 3 is 2.70 bits per heavy atom. The Kier molecular flexibility index (Phi) is 5.45. The first-order valence-electron chi connectivity index (χ1n) is 7.81. The average Bonchev–Trinajstić information content (AvgIpc) is 2.46. The Labute approximate surface area is 122 Å². The molecule has 1 aliphatic carbocycles. The van der Waals surface area contributed by atoms with Crippen molar-refractivity contribution in [2.24, 2.45) is 5.92 Å². The van der Waals surface area contributed by atoms with Crippen molar-refractivity contribution in [3.05, 3.63) is 29.8 Å². The molecule has 3 heteroatoms. The number of hydrogen-bond donors (Lipinski definition) is 1. The number of benzene rings is 1. The highest BCUT2D eigenvalue weighted by Gasteiger charge is 2.20. The molecule has 20 heavy (non-hydrogen) atoms. The minimum absolute atomic E-state index is 0.293. The van der Waals surface area contributed by atoms with Crippen LogP contribution in [0.15, 0.2) is 24.3 Å². The van der Waals surface area contributed by atoms with Gasteiger partial charge in [0.15, 0.2) is 0 Å². The monoisotopic (exact) mass is 274 g/mol. The molecule has 0 spiro atoms. The fourth-order valence-corrected chi connectivity index (χ4v) is 3.06. The van der Waals surface area contributed by atoms with Crippen LogP contribution < -0.4 is 5.73 Å². The van der Waals surface area contributed by atoms with Gasteiger partial charge in [-0.25, -0.2) is 0 Å². The topological polar surface area (TPSA) is 46.3 Å². The third-order valence-corrected chi connectivity index (χ3v) is 4.25. The molecule has 3 nitrogen and oxygen atoms in total. The van der Waals surface area contributed by atoms with Crippen molar-refractivity contribution < 1.29 is 4.79 Å². The highest BCUT2D eigenvalue weighted by Crippen LogP contribution is 2.27. The average molecular weight is 274 g/mol. The van der Waals surface area contributed by atoms with Crippen molar-refractivity contribution in [3.8, 4) is 0 Å². The largest absolute Gasteiger partial charge is 0.399 e. The molecule has 1 aliphatic rings. The number of rotatable bonds is 5. The molecule has 0 saturated heterocycles. The van der Waals surface area contributed by atoms with Gasteiger partial charge >= 0.3 is 0 Å². The van der Waals surface area contributed by atoms with Crippen molar-refractivity contribution in [2.75, 3.05) is 12.3 Å². The molecule has 0 aliphatic heterocycles. The lowest BCUT2D eigenvalue weighted by Crippen LogP contribution is -2.32. The van der Waals surface area contributed by atoms with Crippen LogP contribution in [0.2, 0.25) is 0 Å². The summed E-state index contributed by atoms with van der Waals surface area (Å²) in [6.45, 7) is 3.48. The second-order valence-corrected chi connectivity index (χ2v) is 5.86. The smallest absolute Gasteiger partial charge is 0.223 e. The van der Waals surface area contributed by atoms with Gasteiger partial charge in [-0.2, -0.15) is 0 Å². The fraction of sp³-hybridized carbons (Fsp3) is 0.588. The van der Waals surface area contributed by atoms with Crippen molar-refractivity contribution in [1.29, 1.82) is 0 Å². The zero-order valence-electron chi connectivity index (χ0n) is 12.5. The maximum atomic E-state index is 12.4. The molecule has 0 atom stereocenters. The predicted octanol–water partition coefficient (Wildman–Crippen LogP) is 3.59. The standard InChI is InChI=1S/C17H26N2O/c1-2-19(13-15-9-6-10-16(18)11-15)17(20)12-14-7-4-3-5-8-14/h6,9-11,14H,2-5,7-8,12-13,18H2,1H3. The van der Waals surface area contributed by atoms with Crippen molar-refractivity contribution in [2.45, 2.75) is 52.0 Å². The molecular formula is C17H26N2O. The van der Waals surface area contributed by atoms with Crippen LogP contribution in [-0.2, 0) is 11.3 Å². The van der Waals surface area contributed by atoms with Gasteiger partial charge < -0.3 is 10.6 Å². The number of carbonyl (C=O) groups is 1. The first-order chi connectivity index (χ1) is 9.69. The second kappa shape index (κ2) is 7.32. The van der Waals surface area contributed by atoms with Crippen LogP contribution in [0.25, 0.3) is 0 Å². The molecule has 1 aromatic carbocycles. The van der Waals surface area contributed by atoms with Crippen LogP contribution in [0.4, 0.5) is 5.69 Å². The first-order valence-corrected chi connectivity index (χ1v) is 7.81. The van der Waals surface area contributed by atoms with Gasteiger partial charge in [0.25, 0.3) is 0 Å². The zero-order chi connectivity index (χ0) is 14.4. The quantitative estimate of drug-likeness (QED) is 0.834. The van der Waals surface area contributed by atoms with Gasteiger partial charge in [-0.1, -0.05) is 31.4 Å². The predicted molar refractivity (Wildman–Crippen MR) is 83.1 cm³/mol. The summed E-state index contributed by atoms with van der Waals surface area (Å²) in [5.74, 6) is 0.896. The molecule has 1 saturated carbocycles. The summed E-state index contributed by atoms with van der Waals surface area (Å²) in [6.07, 6.45) is 7.09. The van der Waals surface area contributed by atoms with E-state index in [-0.39, 0.29) is 0 Å². The number of hydrogen-bond acceptors (Lipinski definition) is 2. The summed E-state index contributed by atoms with van der Waals surface area (Å²) in [7, 11) is 0. The number of carbonyl (C=O) groups excluding carboxylic acids is 1.